The third-order valence-corrected chi connectivity index (χ3v) is 5.23. The number of benzene rings is 2. The molecule has 0 N–H and O–H groups in total. The van der Waals surface area contributed by atoms with Crippen LogP contribution in [0.2, 0.25) is 0 Å². The molecule has 156 valence electrons. The minimum atomic E-state index is -0.458. The first-order chi connectivity index (χ1) is 14.5. The maximum Gasteiger partial charge on any atom is 0.293 e. The van der Waals surface area contributed by atoms with Crippen LogP contribution in [0.1, 0.15) is 17.5 Å². The lowest BCUT2D eigenvalue weighted by Gasteiger charge is -2.11. The molecule has 0 radical (unpaired) electrons. The molecule has 0 aromatic heterocycles. The number of nitro groups is 1. The van der Waals surface area contributed by atoms with Gasteiger partial charge in [0.1, 0.15) is 12.4 Å². The normalized spacial score (nSPS) is 15.1. The predicted octanol–water partition coefficient (Wildman–Crippen LogP) is 4.25. The van der Waals surface area contributed by atoms with Crippen molar-refractivity contribution >= 4 is 34.7 Å². The van der Waals surface area contributed by atoms with Crippen molar-refractivity contribution in [1.29, 1.82) is 0 Å². The minimum absolute atomic E-state index is 0.00784. The van der Waals surface area contributed by atoms with Crippen molar-refractivity contribution in [2.24, 2.45) is 0 Å². The van der Waals surface area contributed by atoms with Gasteiger partial charge in [-0.15, -0.1) is 0 Å². The molecule has 1 aliphatic heterocycles. The zero-order valence-corrected chi connectivity index (χ0v) is 17.1. The molecule has 0 spiro atoms. The molecule has 2 aromatic carbocycles. The first kappa shape index (κ1) is 21.5. The number of carbonyl (C=O) groups is 2. The second-order valence-electron chi connectivity index (χ2n) is 6.43. The number of rotatable bonds is 9. The van der Waals surface area contributed by atoms with Crippen molar-refractivity contribution in [2.75, 3.05) is 20.3 Å². The van der Waals surface area contributed by atoms with Gasteiger partial charge >= 0.3 is 0 Å². The third-order valence-electron chi connectivity index (χ3n) is 4.33. The quantitative estimate of drug-likeness (QED) is 0.255. The lowest BCUT2D eigenvalue weighted by molar-refractivity contribution is -0.384. The number of thioether (sulfide) groups is 1. The van der Waals surface area contributed by atoms with E-state index < -0.39 is 4.92 Å². The molecule has 0 bridgehead atoms. The van der Waals surface area contributed by atoms with Crippen molar-refractivity contribution in [2.45, 2.75) is 13.0 Å². The van der Waals surface area contributed by atoms with Gasteiger partial charge in [0, 0.05) is 38.0 Å². The van der Waals surface area contributed by atoms with Crippen molar-refractivity contribution in [3.63, 3.8) is 0 Å². The van der Waals surface area contributed by atoms with Gasteiger partial charge in [0.15, 0.2) is 0 Å². The largest absolute Gasteiger partial charge is 0.488 e. The van der Waals surface area contributed by atoms with Gasteiger partial charge in [-0.1, -0.05) is 30.3 Å². The van der Waals surface area contributed by atoms with Crippen LogP contribution in [-0.4, -0.2) is 41.2 Å². The van der Waals surface area contributed by atoms with E-state index >= 15 is 0 Å². The molecular weight excluding hydrogens is 408 g/mol. The first-order valence-corrected chi connectivity index (χ1v) is 10.0. The van der Waals surface area contributed by atoms with Crippen LogP contribution >= 0.6 is 11.8 Å². The molecule has 1 aliphatic rings. The molecule has 0 unspecified atom stereocenters. The Morgan fingerprint density at radius 3 is 2.73 bits per heavy atom. The van der Waals surface area contributed by atoms with E-state index in [-0.39, 0.29) is 23.4 Å². The molecule has 9 heteroatoms. The van der Waals surface area contributed by atoms with Crippen LogP contribution in [0.5, 0.6) is 5.75 Å². The Kier molecular flexibility index (Phi) is 7.21. The maximum atomic E-state index is 12.6. The van der Waals surface area contributed by atoms with Crippen molar-refractivity contribution in [3.8, 4) is 5.75 Å². The lowest BCUT2D eigenvalue weighted by atomic mass is 10.1. The number of amides is 2. The Morgan fingerprint density at radius 1 is 1.17 bits per heavy atom. The van der Waals surface area contributed by atoms with Crippen molar-refractivity contribution < 1.29 is 24.0 Å². The number of para-hydroxylation sites is 1. The van der Waals surface area contributed by atoms with E-state index in [1.54, 1.807) is 49.6 Å². The summed E-state index contributed by atoms with van der Waals surface area (Å²) in [6.45, 7) is 0.904. The van der Waals surface area contributed by atoms with E-state index in [4.69, 9.17) is 9.47 Å². The van der Waals surface area contributed by atoms with Gasteiger partial charge < -0.3 is 9.47 Å². The van der Waals surface area contributed by atoms with Gasteiger partial charge in [0.05, 0.1) is 9.83 Å². The SMILES string of the molecule is COCCCN1C(=O)S/C(=C/c2ccccc2OCc2cccc([N+](=O)[O-])c2)C1=O. The summed E-state index contributed by atoms with van der Waals surface area (Å²) in [6.07, 6.45) is 2.20. The van der Waals surface area contributed by atoms with E-state index in [2.05, 4.69) is 0 Å². The number of non-ortho nitro benzene ring substituents is 1. The van der Waals surface area contributed by atoms with Crippen LogP contribution in [0, 0.1) is 10.1 Å². The van der Waals surface area contributed by atoms with E-state index in [0.717, 1.165) is 11.8 Å². The molecule has 0 atom stereocenters. The topological polar surface area (TPSA) is 99.0 Å². The van der Waals surface area contributed by atoms with E-state index in [9.17, 15) is 19.7 Å². The summed E-state index contributed by atoms with van der Waals surface area (Å²) in [6, 6.07) is 13.3. The van der Waals surface area contributed by atoms with E-state index in [0.29, 0.717) is 41.4 Å². The fourth-order valence-corrected chi connectivity index (χ4v) is 3.71. The molecule has 8 nitrogen and oxygen atoms in total. The second kappa shape index (κ2) is 10.0. The van der Waals surface area contributed by atoms with Crippen molar-refractivity contribution in [3.05, 3.63) is 74.7 Å². The molecule has 0 saturated carbocycles. The number of carbonyl (C=O) groups excluding carboxylic acids is 2. The van der Waals surface area contributed by atoms with Gasteiger partial charge in [-0.3, -0.25) is 24.6 Å². The Morgan fingerprint density at radius 2 is 1.97 bits per heavy atom. The summed E-state index contributed by atoms with van der Waals surface area (Å²) < 4.78 is 10.8. The third kappa shape index (κ3) is 5.25. The van der Waals surface area contributed by atoms with Gasteiger partial charge in [0.25, 0.3) is 16.8 Å². The highest BCUT2D eigenvalue weighted by molar-refractivity contribution is 8.18. The summed E-state index contributed by atoms with van der Waals surface area (Å²) in [5.74, 6) is 0.171. The number of hydrogen-bond acceptors (Lipinski definition) is 7. The average molecular weight is 428 g/mol. The standard InChI is InChI=1S/C21H20N2O6S/c1-28-11-5-10-22-20(24)19(30-21(22)25)13-16-7-2-3-9-18(16)29-14-15-6-4-8-17(12-15)23(26)27/h2-4,6-9,12-13H,5,10-11,14H2,1H3/b19-13+. The number of nitro benzene ring substituents is 1. The number of ether oxygens (including phenoxy) is 2. The van der Waals surface area contributed by atoms with Crippen LogP contribution in [0.4, 0.5) is 10.5 Å². The monoisotopic (exact) mass is 428 g/mol. The fraction of sp³-hybridized carbons (Fsp3) is 0.238. The second-order valence-corrected chi connectivity index (χ2v) is 7.43. The zero-order valence-electron chi connectivity index (χ0n) is 16.3. The summed E-state index contributed by atoms with van der Waals surface area (Å²) in [4.78, 5) is 36.7. The van der Waals surface area contributed by atoms with Gasteiger partial charge in [0.2, 0.25) is 0 Å². The highest BCUT2D eigenvalue weighted by Crippen LogP contribution is 2.34. The molecule has 0 aliphatic carbocycles. The lowest BCUT2D eigenvalue weighted by Crippen LogP contribution is -2.29. The molecule has 30 heavy (non-hydrogen) atoms. The van der Waals surface area contributed by atoms with Gasteiger partial charge in [-0.2, -0.15) is 0 Å². The van der Waals surface area contributed by atoms with E-state index in [1.165, 1.54) is 17.0 Å². The first-order valence-electron chi connectivity index (χ1n) is 9.19. The molecular formula is C21H20N2O6S. The van der Waals surface area contributed by atoms with Crippen LogP contribution < -0.4 is 4.74 Å². The Labute approximate surface area is 177 Å². The summed E-state index contributed by atoms with van der Waals surface area (Å²) in [5.41, 5.74) is 1.29. The fourth-order valence-electron chi connectivity index (χ4n) is 2.85. The number of methoxy groups -OCH3 is 1. The molecule has 2 aromatic rings. The highest BCUT2D eigenvalue weighted by atomic mass is 32.2. The Hall–Kier alpha value is -3.17. The zero-order chi connectivity index (χ0) is 21.5. The Bertz CT molecular complexity index is 991. The summed E-state index contributed by atoms with van der Waals surface area (Å²) >= 11 is 0.890. The van der Waals surface area contributed by atoms with Gasteiger partial charge in [-0.25, -0.2) is 0 Å². The summed E-state index contributed by atoms with van der Waals surface area (Å²) in [7, 11) is 1.57. The number of nitrogens with zero attached hydrogens (tertiary/aromatic N) is 2. The summed E-state index contributed by atoms with van der Waals surface area (Å²) in [5, 5.41) is 10.6. The molecule has 3 rings (SSSR count). The highest BCUT2D eigenvalue weighted by Gasteiger charge is 2.34. The smallest absolute Gasteiger partial charge is 0.293 e. The molecule has 1 fully saturated rings. The molecule has 1 heterocycles. The Balaban J connectivity index is 1.74. The van der Waals surface area contributed by atoms with Crippen LogP contribution in [-0.2, 0) is 16.1 Å². The van der Waals surface area contributed by atoms with Crippen LogP contribution in [0.3, 0.4) is 0 Å². The minimum Gasteiger partial charge on any atom is -0.488 e. The number of imide groups is 1. The van der Waals surface area contributed by atoms with E-state index in [1.807, 2.05) is 0 Å². The van der Waals surface area contributed by atoms with Gasteiger partial charge in [-0.05, 0) is 35.9 Å². The predicted molar refractivity (Wildman–Crippen MR) is 113 cm³/mol. The van der Waals surface area contributed by atoms with Crippen molar-refractivity contribution in [1.82, 2.24) is 4.90 Å². The molecule has 1 saturated heterocycles. The molecule has 2 amide bonds. The van der Waals surface area contributed by atoms with Crippen LogP contribution in [0.15, 0.2) is 53.4 Å². The number of hydrogen-bond donors (Lipinski definition) is 0. The van der Waals surface area contributed by atoms with Crippen LogP contribution in [0.25, 0.3) is 6.08 Å². The average Bonchev–Trinajstić information content (AvgIpc) is 3.01. The maximum absolute atomic E-state index is 12.6.